The Bertz CT molecular complexity index is 275. The third-order valence-electron chi connectivity index (χ3n) is 5.19. The fourth-order valence-electron chi connectivity index (χ4n) is 3.41. The molecule has 0 aromatic carbocycles. The maximum atomic E-state index is 11.9. The van der Waals surface area contributed by atoms with Crippen molar-refractivity contribution in [2.24, 2.45) is 0 Å². The third kappa shape index (κ3) is 19.8. The van der Waals surface area contributed by atoms with Crippen molar-refractivity contribution in [3.63, 3.8) is 0 Å². The van der Waals surface area contributed by atoms with Crippen LogP contribution in [0, 0.1) is 0 Å². The normalized spacial score (nSPS) is 12.4. The standard InChI is InChI=1S/C23H46O2/c1-3-5-7-8-9-10-11-12-15-19-23(25)21-17-13-16-20-22(24)18-14-6-4-2/h22,24H,3-21H2,1-2H3. The Morgan fingerprint density at radius 3 is 1.48 bits per heavy atom. The van der Waals surface area contributed by atoms with Gasteiger partial charge >= 0.3 is 0 Å². The van der Waals surface area contributed by atoms with Gasteiger partial charge in [0.2, 0.25) is 0 Å². The molecule has 2 heteroatoms. The summed E-state index contributed by atoms with van der Waals surface area (Å²) in [5.74, 6) is 0.450. The van der Waals surface area contributed by atoms with Crippen LogP contribution in [0.2, 0.25) is 0 Å². The number of hydrogen-bond donors (Lipinski definition) is 1. The summed E-state index contributed by atoms with van der Waals surface area (Å²) in [6, 6.07) is 0. The van der Waals surface area contributed by atoms with Gasteiger partial charge in [-0.3, -0.25) is 4.79 Å². The minimum atomic E-state index is -0.121. The summed E-state index contributed by atoms with van der Waals surface area (Å²) in [6.45, 7) is 4.45. The van der Waals surface area contributed by atoms with E-state index in [1.165, 1.54) is 64.2 Å². The summed E-state index contributed by atoms with van der Waals surface area (Å²) < 4.78 is 0. The summed E-state index contributed by atoms with van der Waals surface area (Å²) in [6.07, 6.45) is 21.9. The van der Waals surface area contributed by atoms with E-state index >= 15 is 0 Å². The van der Waals surface area contributed by atoms with Crippen LogP contribution >= 0.6 is 0 Å². The molecule has 0 rings (SSSR count). The first-order valence-corrected chi connectivity index (χ1v) is 11.4. The minimum Gasteiger partial charge on any atom is -0.393 e. The van der Waals surface area contributed by atoms with E-state index in [0.717, 1.165) is 57.8 Å². The number of carbonyl (C=O) groups excluding carboxylic acids is 1. The fourth-order valence-corrected chi connectivity index (χ4v) is 3.41. The number of unbranched alkanes of at least 4 members (excludes halogenated alkanes) is 12. The van der Waals surface area contributed by atoms with Gasteiger partial charge in [0.15, 0.2) is 0 Å². The van der Waals surface area contributed by atoms with E-state index in [9.17, 15) is 9.90 Å². The van der Waals surface area contributed by atoms with E-state index in [1.807, 2.05) is 0 Å². The van der Waals surface area contributed by atoms with E-state index in [2.05, 4.69) is 13.8 Å². The molecule has 0 radical (unpaired) electrons. The molecule has 0 bridgehead atoms. The van der Waals surface area contributed by atoms with Crippen molar-refractivity contribution in [1.29, 1.82) is 0 Å². The number of aliphatic hydroxyl groups is 1. The van der Waals surface area contributed by atoms with Crippen molar-refractivity contribution in [2.45, 2.75) is 142 Å². The van der Waals surface area contributed by atoms with Crippen LogP contribution < -0.4 is 0 Å². The molecule has 0 aliphatic heterocycles. The smallest absolute Gasteiger partial charge is 0.132 e. The molecule has 0 aromatic heterocycles. The zero-order chi connectivity index (χ0) is 18.6. The fraction of sp³-hybridized carbons (Fsp3) is 0.957. The van der Waals surface area contributed by atoms with Crippen LogP contribution in [0.3, 0.4) is 0 Å². The molecule has 1 unspecified atom stereocenters. The number of carbonyl (C=O) groups is 1. The van der Waals surface area contributed by atoms with Crippen molar-refractivity contribution < 1.29 is 9.90 Å². The lowest BCUT2D eigenvalue weighted by Crippen LogP contribution is -2.06. The molecule has 0 aliphatic carbocycles. The Balaban J connectivity index is 3.25. The maximum Gasteiger partial charge on any atom is 0.132 e. The lowest BCUT2D eigenvalue weighted by Gasteiger charge is -2.09. The Morgan fingerprint density at radius 1 is 0.600 bits per heavy atom. The Morgan fingerprint density at radius 2 is 0.960 bits per heavy atom. The molecule has 1 N–H and O–H groups in total. The predicted octanol–water partition coefficient (Wildman–Crippen LogP) is 7.37. The van der Waals surface area contributed by atoms with Crippen LogP contribution in [0.15, 0.2) is 0 Å². The van der Waals surface area contributed by atoms with Crippen molar-refractivity contribution in [1.82, 2.24) is 0 Å². The van der Waals surface area contributed by atoms with Gasteiger partial charge in [0, 0.05) is 12.8 Å². The van der Waals surface area contributed by atoms with Crippen LogP contribution in [0.5, 0.6) is 0 Å². The zero-order valence-electron chi connectivity index (χ0n) is 17.4. The highest BCUT2D eigenvalue weighted by atomic mass is 16.3. The summed E-state index contributed by atoms with van der Waals surface area (Å²) in [5, 5.41) is 9.86. The van der Waals surface area contributed by atoms with Gasteiger partial charge < -0.3 is 5.11 Å². The van der Waals surface area contributed by atoms with Crippen molar-refractivity contribution in [3.8, 4) is 0 Å². The average Bonchev–Trinajstić information content (AvgIpc) is 2.60. The quantitative estimate of drug-likeness (QED) is 0.232. The number of hydrogen-bond acceptors (Lipinski definition) is 2. The number of Topliss-reactive ketones (excluding diaryl/α,β-unsaturated/α-hetero) is 1. The lowest BCUT2D eigenvalue weighted by molar-refractivity contribution is -0.119. The molecular weight excluding hydrogens is 308 g/mol. The van der Waals surface area contributed by atoms with E-state index in [4.69, 9.17) is 0 Å². The summed E-state index contributed by atoms with van der Waals surface area (Å²) >= 11 is 0. The highest BCUT2D eigenvalue weighted by Gasteiger charge is 2.05. The van der Waals surface area contributed by atoms with Gasteiger partial charge in [-0.2, -0.15) is 0 Å². The van der Waals surface area contributed by atoms with Gasteiger partial charge in [0.1, 0.15) is 5.78 Å². The van der Waals surface area contributed by atoms with Crippen LogP contribution in [0.25, 0.3) is 0 Å². The Kier molecular flexibility index (Phi) is 19.7. The number of ketones is 1. The van der Waals surface area contributed by atoms with Crippen LogP contribution in [0.1, 0.15) is 136 Å². The van der Waals surface area contributed by atoms with E-state index < -0.39 is 0 Å². The molecular formula is C23H46O2. The second kappa shape index (κ2) is 19.9. The van der Waals surface area contributed by atoms with Gasteiger partial charge in [0.25, 0.3) is 0 Å². The van der Waals surface area contributed by atoms with E-state index in [0.29, 0.717) is 5.78 Å². The van der Waals surface area contributed by atoms with Gasteiger partial charge in [-0.1, -0.05) is 97.3 Å². The Labute approximate surface area is 158 Å². The van der Waals surface area contributed by atoms with Crippen molar-refractivity contribution >= 4 is 5.78 Å². The molecule has 150 valence electrons. The van der Waals surface area contributed by atoms with Crippen molar-refractivity contribution in [3.05, 3.63) is 0 Å². The second-order valence-corrected chi connectivity index (χ2v) is 7.87. The van der Waals surface area contributed by atoms with Gasteiger partial charge in [-0.25, -0.2) is 0 Å². The predicted molar refractivity (Wildman–Crippen MR) is 110 cm³/mol. The van der Waals surface area contributed by atoms with E-state index in [-0.39, 0.29) is 6.10 Å². The number of rotatable bonds is 20. The first kappa shape index (κ1) is 24.6. The second-order valence-electron chi connectivity index (χ2n) is 7.87. The highest BCUT2D eigenvalue weighted by molar-refractivity contribution is 5.78. The van der Waals surface area contributed by atoms with Crippen LogP contribution in [-0.4, -0.2) is 17.0 Å². The monoisotopic (exact) mass is 354 g/mol. The first-order valence-electron chi connectivity index (χ1n) is 11.4. The highest BCUT2D eigenvalue weighted by Crippen LogP contribution is 2.14. The molecule has 0 saturated heterocycles. The first-order chi connectivity index (χ1) is 12.2. The molecule has 0 aliphatic rings. The largest absolute Gasteiger partial charge is 0.393 e. The molecule has 0 spiro atoms. The van der Waals surface area contributed by atoms with Crippen molar-refractivity contribution in [2.75, 3.05) is 0 Å². The summed E-state index contributed by atoms with van der Waals surface area (Å²) in [4.78, 5) is 11.9. The van der Waals surface area contributed by atoms with Gasteiger partial charge in [0.05, 0.1) is 6.10 Å². The summed E-state index contributed by atoms with van der Waals surface area (Å²) in [5.41, 5.74) is 0. The zero-order valence-corrected chi connectivity index (χ0v) is 17.4. The van der Waals surface area contributed by atoms with Crippen LogP contribution in [0.4, 0.5) is 0 Å². The Hall–Kier alpha value is -0.370. The maximum absolute atomic E-state index is 11.9. The molecule has 2 nitrogen and oxygen atoms in total. The molecule has 0 aromatic rings. The van der Waals surface area contributed by atoms with Gasteiger partial charge in [-0.05, 0) is 25.7 Å². The lowest BCUT2D eigenvalue weighted by atomic mass is 10.0. The molecule has 0 fully saturated rings. The molecule has 0 saturated carbocycles. The average molecular weight is 355 g/mol. The third-order valence-corrected chi connectivity index (χ3v) is 5.19. The molecule has 1 atom stereocenters. The topological polar surface area (TPSA) is 37.3 Å². The van der Waals surface area contributed by atoms with Gasteiger partial charge in [-0.15, -0.1) is 0 Å². The molecule has 25 heavy (non-hydrogen) atoms. The molecule has 0 heterocycles. The molecule has 0 amide bonds. The summed E-state index contributed by atoms with van der Waals surface area (Å²) in [7, 11) is 0. The van der Waals surface area contributed by atoms with Crippen LogP contribution in [-0.2, 0) is 4.79 Å². The minimum absolute atomic E-state index is 0.121. The number of aliphatic hydroxyl groups excluding tert-OH is 1. The van der Waals surface area contributed by atoms with E-state index in [1.54, 1.807) is 0 Å². The SMILES string of the molecule is CCCCCCCCCCCC(=O)CCCCCC(O)CCCCC.